The molecule has 2 aromatic rings. The molecule has 0 N–H and O–H groups in total. The zero-order valence-corrected chi connectivity index (χ0v) is 21.2. The second kappa shape index (κ2) is 11.1. The standard InChI is InChI=1S/C26H36N4O5/c1-28(2)25-18(16-19-20(33-3)10-11-21(34-4)24(19)27-25)17-30(26(32)22-8-6-15-35-22)14-7-13-29-12-5-9-23(29)31/h10-11,16,22H,5-9,12-15,17H2,1-4H3. The van der Waals surface area contributed by atoms with Gasteiger partial charge in [0.05, 0.1) is 14.2 Å². The summed E-state index contributed by atoms with van der Waals surface area (Å²) in [6.07, 6.45) is 3.48. The van der Waals surface area contributed by atoms with Crippen molar-refractivity contribution < 1.29 is 23.8 Å². The fourth-order valence-electron chi connectivity index (χ4n) is 4.93. The van der Waals surface area contributed by atoms with Gasteiger partial charge in [-0.1, -0.05) is 0 Å². The van der Waals surface area contributed by atoms with Crippen LogP contribution in [0.3, 0.4) is 0 Å². The summed E-state index contributed by atoms with van der Waals surface area (Å²) in [6, 6.07) is 5.75. The Kier molecular flexibility index (Phi) is 7.95. The van der Waals surface area contributed by atoms with Gasteiger partial charge in [0.2, 0.25) is 5.91 Å². The number of rotatable bonds is 10. The van der Waals surface area contributed by atoms with Gasteiger partial charge in [0, 0.05) is 64.3 Å². The van der Waals surface area contributed by atoms with Crippen LogP contribution in [0.1, 0.15) is 37.7 Å². The number of aromatic nitrogens is 1. The number of methoxy groups -OCH3 is 2. The highest BCUT2D eigenvalue weighted by Gasteiger charge is 2.30. The third-order valence-electron chi connectivity index (χ3n) is 6.73. The molecule has 2 aliphatic heterocycles. The number of hydrogen-bond donors (Lipinski definition) is 0. The van der Waals surface area contributed by atoms with Gasteiger partial charge in [-0.2, -0.15) is 0 Å². The lowest BCUT2D eigenvalue weighted by Crippen LogP contribution is -2.40. The van der Waals surface area contributed by atoms with Gasteiger partial charge in [-0.3, -0.25) is 9.59 Å². The van der Waals surface area contributed by atoms with Crippen LogP contribution in [0, 0.1) is 0 Å². The van der Waals surface area contributed by atoms with E-state index < -0.39 is 6.10 Å². The van der Waals surface area contributed by atoms with E-state index in [1.807, 2.05) is 47.0 Å². The van der Waals surface area contributed by atoms with Crippen molar-refractivity contribution in [3.05, 3.63) is 23.8 Å². The van der Waals surface area contributed by atoms with Gasteiger partial charge in [0.25, 0.3) is 5.91 Å². The third-order valence-corrected chi connectivity index (χ3v) is 6.73. The van der Waals surface area contributed by atoms with E-state index in [4.69, 9.17) is 19.2 Å². The van der Waals surface area contributed by atoms with Crippen LogP contribution in [0.15, 0.2) is 18.2 Å². The lowest BCUT2D eigenvalue weighted by atomic mass is 10.1. The Balaban J connectivity index is 1.64. The minimum atomic E-state index is -0.408. The molecule has 0 radical (unpaired) electrons. The molecule has 1 atom stereocenters. The Morgan fingerprint density at radius 1 is 1.20 bits per heavy atom. The topological polar surface area (TPSA) is 84.4 Å². The fourth-order valence-corrected chi connectivity index (χ4v) is 4.93. The maximum Gasteiger partial charge on any atom is 0.252 e. The number of likely N-dealkylation sites (tertiary alicyclic amines) is 1. The highest BCUT2D eigenvalue weighted by molar-refractivity contribution is 5.92. The van der Waals surface area contributed by atoms with Crippen LogP contribution in [0.25, 0.3) is 10.9 Å². The molecule has 2 aliphatic rings. The van der Waals surface area contributed by atoms with Gasteiger partial charge in [0.1, 0.15) is 28.9 Å². The maximum absolute atomic E-state index is 13.5. The highest BCUT2D eigenvalue weighted by Crippen LogP contribution is 2.35. The number of amides is 2. The quantitative estimate of drug-likeness (QED) is 0.513. The van der Waals surface area contributed by atoms with Gasteiger partial charge in [-0.25, -0.2) is 4.98 Å². The Labute approximate surface area is 206 Å². The molecule has 1 aromatic carbocycles. The lowest BCUT2D eigenvalue weighted by Gasteiger charge is -2.28. The summed E-state index contributed by atoms with van der Waals surface area (Å²) < 4.78 is 16.9. The van der Waals surface area contributed by atoms with Crippen LogP contribution >= 0.6 is 0 Å². The number of carbonyl (C=O) groups excluding carboxylic acids is 2. The van der Waals surface area contributed by atoms with Crippen molar-refractivity contribution >= 4 is 28.5 Å². The molecule has 9 nitrogen and oxygen atoms in total. The van der Waals surface area contributed by atoms with Crippen molar-refractivity contribution in [1.82, 2.24) is 14.8 Å². The second-order valence-electron chi connectivity index (χ2n) is 9.33. The Hall–Kier alpha value is -3.07. The molecule has 4 rings (SSSR count). The summed E-state index contributed by atoms with van der Waals surface area (Å²) in [6.45, 7) is 3.02. The molecule has 0 saturated carbocycles. The van der Waals surface area contributed by atoms with Crippen LogP contribution in [0.2, 0.25) is 0 Å². The lowest BCUT2D eigenvalue weighted by molar-refractivity contribution is -0.141. The van der Waals surface area contributed by atoms with Crippen molar-refractivity contribution in [2.75, 3.05) is 59.5 Å². The number of pyridine rings is 1. The summed E-state index contributed by atoms with van der Waals surface area (Å²) in [7, 11) is 7.14. The van der Waals surface area contributed by atoms with Crippen LogP contribution in [0.5, 0.6) is 11.5 Å². The van der Waals surface area contributed by atoms with Gasteiger partial charge in [-0.05, 0) is 43.9 Å². The molecule has 0 aliphatic carbocycles. The zero-order valence-electron chi connectivity index (χ0n) is 21.2. The van der Waals surface area contributed by atoms with E-state index in [1.165, 1.54) is 0 Å². The zero-order chi connectivity index (χ0) is 24.9. The Bertz CT molecular complexity index is 1070. The highest BCUT2D eigenvalue weighted by atomic mass is 16.5. The molecule has 2 amide bonds. The number of fused-ring (bicyclic) bond motifs is 1. The van der Waals surface area contributed by atoms with Crippen molar-refractivity contribution in [1.29, 1.82) is 0 Å². The minimum absolute atomic E-state index is 0.00217. The summed E-state index contributed by atoms with van der Waals surface area (Å²) >= 11 is 0. The second-order valence-corrected chi connectivity index (χ2v) is 9.33. The van der Waals surface area contributed by atoms with Crippen molar-refractivity contribution in [3.63, 3.8) is 0 Å². The molecular weight excluding hydrogens is 448 g/mol. The van der Waals surface area contributed by atoms with Crippen LogP contribution in [-0.4, -0.2) is 87.3 Å². The molecule has 2 saturated heterocycles. The van der Waals surface area contributed by atoms with Crippen molar-refractivity contribution in [2.45, 2.75) is 44.8 Å². The maximum atomic E-state index is 13.5. The predicted molar refractivity (Wildman–Crippen MR) is 134 cm³/mol. The number of hydrogen-bond acceptors (Lipinski definition) is 7. The molecule has 0 spiro atoms. The molecule has 1 aromatic heterocycles. The monoisotopic (exact) mass is 484 g/mol. The first-order chi connectivity index (χ1) is 16.9. The van der Waals surface area contributed by atoms with E-state index in [2.05, 4.69) is 0 Å². The van der Waals surface area contributed by atoms with Gasteiger partial charge >= 0.3 is 0 Å². The minimum Gasteiger partial charge on any atom is -0.496 e. The first kappa shape index (κ1) is 25.0. The molecule has 2 fully saturated rings. The van der Waals surface area contributed by atoms with E-state index in [0.717, 1.165) is 49.0 Å². The van der Waals surface area contributed by atoms with E-state index >= 15 is 0 Å². The Morgan fingerprint density at radius 3 is 2.60 bits per heavy atom. The first-order valence-corrected chi connectivity index (χ1v) is 12.3. The molecule has 3 heterocycles. The van der Waals surface area contributed by atoms with Gasteiger partial charge < -0.3 is 28.9 Å². The predicted octanol–water partition coefficient (Wildman–Crippen LogP) is 2.84. The molecule has 9 heteroatoms. The Morgan fingerprint density at radius 2 is 1.97 bits per heavy atom. The first-order valence-electron chi connectivity index (χ1n) is 12.3. The summed E-state index contributed by atoms with van der Waals surface area (Å²) in [5.74, 6) is 2.33. The number of nitrogens with zero attached hydrogens (tertiary/aromatic N) is 4. The fraction of sp³-hybridized carbons (Fsp3) is 0.577. The SMILES string of the molecule is COc1ccc(OC)c2nc(N(C)C)c(CN(CCCN3CCCC3=O)C(=O)C3CCCO3)cc12. The molecular formula is C26H36N4O5. The molecule has 190 valence electrons. The van der Waals surface area contributed by atoms with E-state index in [9.17, 15) is 9.59 Å². The molecule has 1 unspecified atom stereocenters. The van der Waals surface area contributed by atoms with Crippen molar-refractivity contribution in [3.8, 4) is 11.5 Å². The van der Waals surface area contributed by atoms with E-state index in [1.54, 1.807) is 14.2 Å². The smallest absolute Gasteiger partial charge is 0.252 e. The number of benzene rings is 1. The summed E-state index contributed by atoms with van der Waals surface area (Å²) in [5, 5.41) is 0.833. The van der Waals surface area contributed by atoms with Crippen LogP contribution in [-0.2, 0) is 20.9 Å². The number of anilines is 1. The van der Waals surface area contributed by atoms with E-state index in [-0.39, 0.29) is 11.8 Å². The summed E-state index contributed by atoms with van der Waals surface area (Å²) in [4.78, 5) is 36.1. The average molecular weight is 485 g/mol. The normalized spacial score (nSPS) is 17.8. The number of ether oxygens (including phenoxy) is 3. The third kappa shape index (κ3) is 5.45. The van der Waals surface area contributed by atoms with E-state index in [0.29, 0.717) is 49.7 Å². The molecule has 35 heavy (non-hydrogen) atoms. The van der Waals surface area contributed by atoms with Crippen molar-refractivity contribution in [2.24, 2.45) is 0 Å². The average Bonchev–Trinajstić information content (AvgIpc) is 3.54. The van der Waals surface area contributed by atoms with Gasteiger partial charge in [-0.15, -0.1) is 0 Å². The van der Waals surface area contributed by atoms with Gasteiger partial charge in [0.15, 0.2) is 0 Å². The number of carbonyl (C=O) groups is 2. The van der Waals surface area contributed by atoms with Crippen LogP contribution < -0.4 is 14.4 Å². The molecule has 0 bridgehead atoms. The van der Waals surface area contributed by atoms with Crippen LogP contribution in [0.4, 0.5) is 5.82 Å². The summed E-state index contributed by atoms with van der Waals surface area (Å²) in [5.41, 5.74) is 1.63. The largest absolute Gasteiger partial charge is 0.496 e.